The van der Waals surface area contributed by atoms with Gasteiger partial charge in [0.25, 0.3) is 5.91 Å². The molecule has 0 bridgehead atoms. The molecule has 2 rings (SSSR count). The highest BCUT2D eigenvalue weighted by atomic mass is 32.2. The molecule has 2 aromatic carbocycles. The Bertz CT molecular complexity index is 725. The van der Waals surface area contributed by atoms with Crippen molar-refractivity contribution in [2.45, 2.75) is 4.90 Å². The quantitative estimate of drug-likeness (QED) is 0.882. The molecule has 0 heterocycles. The Hall–Kier alpha value is -2.34. The van der Waals surface area contributed by atoms with Crippen LogP contribution in [0.2, 0.25) is 0 Å². The van der Waals surface area contributed by atoms with Gasteiger partial charge in [0.05, 0.1) is 17.8 Å². The molecule has 0 spiro atoms. The Labute approximate surface area is 129 Å². The van der Waals surface area contributed by atoms with Crippen LogP contribution in [0.3, 0.4) is 0 Å². The minimum absolute atomic E-state index is 0.0576. The van der Waals surface area contributed by atoms with E-state index in [1.807, 2.05) is 6.07 Å². The predicted molar refractivity (Wildman–Crippen MR) is 83.8 cm³/mol. The van der Waals surface area contributed by atoms with Crippen molar-refractivity contribution in [3.05, 3.63) is 60.2 Å². The molecule has 0 saturated heterocycles. The van der Waals surface area contributed by atoms with Crippen LogP contribution >= 0.6 is 0 Å². The van der Waals surface area contributed by atoms with Gasteiger partial charge in [0.2, 0.25) is 0 Å². The first-order valence-electron chi connectivity index (χ1n) is 6.73. The van der Waals surface area contributed by atoms with Crippen molar-refractivity contribution in [3.8, 4) is 5.75 Å². The van der Waals surface area contributed by atoms with Crippen molar-refractivity contribution in [1.29, 1.82) is 0 Å². The third-order valence-corrected chi connectivity index (χ3v) is 4.84. The summed E-state index contributed by atoms with van der Waals surface area (Å²) in [6.07, 6.45) is 0. The molecule has 6 heteroatoms. The van der Waals surface area contributed by atoms with Crippen LogP contribution < -0.4 is 10.1 Å². The molecule has 0 radical (unpaired) electrons. The molecule has 1 N–H and O–H groups in total. The summed E-state index contributed by atoms with van der Waals surface area (Å²) in [7, 11) is -1.92. The minimum atomic E-state index is -3.43. The van der Waals surface area contributed by atoms with Crippen molar-refractivity contribution in [1.82, 2.24) is 5.32 Å². The van der Waals surface area contributed by atoms with E-state index in [0.717, 1.165) is 0 Å². The SMILES string of the molecule is COc1ccc(S(=O)(=O)CCNC(=O)c2ccccc2)cc1. The maximum atomic E-state index is 12.2. The number of benzene rings is 2. The van der Waals surface area contributed by atoms with Crippen molar-refractivity contribution < 1.29 is 17.9 Å². The number of hydrogen-bond donors (Lipinski definition) is 1. The first-order valence-corrected chi connectivity index (χ1v) is 8.38. The Morgan fingerprint density at radius 2 is 1.68 bits per heavy atom. The van der Waals surface area contributed by atoms with Gasteiger partial charge in [0.1, 0.15) is 5.75 Å². The molecule has 2 aromatic rings. The first-order chi connectivity index (χ1) is 10.5. The summed E-state index contributed by atoms with van der Waals surface area (Å²) in [6.45, 7) is 0.0576. The van der Waals surface area contributed by atoms with Crippen molar-refractivity contribution in [3.63, 3.8) is 0 Å². The smallest absolute Gasteiger partial charge is 0.251 e. The second kappa shape index (κ2) is 7.09. The average molecular weight is 319 g/mol. The summed E-state index contributed by atoms with van der Waals surface area (Å²) in [5, 5.41) is 2.60. The molecule has 0 aliphatic carbocycles. The summed E-state index contributed by atoms with van der Waals surface area (Å²) in [5.74, 6) is 0.152. The third-order valence-electron chi connectivity index (χ3n) is 3.11. The number of nitrogens with one attached hydrogen (secondary N) is 1. The highest BCUT2D eigenvalue weighted by Gasteiger charge is 2.15. The maximum Gasteiger partial charge on any atom is 0.251 e. The molecule has 0 aliphatic rings. The first kappa shape index (κ1) is 16.0. The van der Waals surface area contributed by atoms with Crippen LogP contribution in [0.5, 0.6) is 5.75 Å². The molecule has 0 unspecified atom stereocenters. The number of rotatable bonds is 6. The van der Waals surface area contributed by atoms with Gasteiger partial charge in [-0.2, -0.15) is 0 Å². The lowest BCUT2D eigenvalue weighted by Gasteiger charge is -2.07. The van der Waals surface area contributed by atoms with Gasteiger partial charge in [0.15, 0.2) is 9.84 Å². The van der Waals surface area contributed by atoms with Gasteiger partial charge in [-0.05, 0) is 36.4 Å². The molecule has 0 saturated carbocycles. The van der Waals surface area contributed by atoms with Crippen LogP contribution in [-0.4, -0.2) is 33.7 Å². The zero-order valence-corrected chi connectivity index (χ0v) is 13.0. The summed E-state index contributed by atoms with van der Waals surface area (Å²) >= 11 is 0. The van der Waals surface area contributed by atoms with Gasteiger partial charge in [-0.25, -0.2) is 8.42 Å². The van der Waals surface area contributed by atoms with E-state index in [4.69, 9.17) is 4.74 Å². The van der Waals surface area contributed by atoms with E-state index >= 15 is 0 Å². The van der Waals surface area contributed by atoms with Gasteiger partial charge in [-0.15, -0.1) is 0 Å². The van der Waals surface area contributed by atoms with Crippen LogP contribution in [0.1, 0.15) is 10.4 Å². The molecule has 0 aliphatic heterocycles. The van der Waals surface area contributed by atoms with Crippen molar-refractivity contribution >= 4 is 15.7 Å². The summed E-state index contributed by atoms with van der Waals surface area (Å²) in [4.78, 5) is 12.0. The molecule has 0 atom stereocenters. The van der Waals surface area contributed by atoms with E-state index < -0.39 is 9.84 Å². The Kier molecular flexibility index (Phi) is 5.16. The molecule has 1 amide bonds. The predicted octanol–water partition coefficient (Wildman–Crippen LogP) is 1.90. The van der Waals surface area contributed by atoms with Gasteiger partial charge in [-0.1, -0.05) is 18.2 Å². The van der Waals surface area contributed by atoms with Crippen molar-refractivity contribution in [2.75, 3.05) is 19.4 Å². The standard InChI is InChI=1S/C16H17NO4S/c1-21-14-7-9-15(10-8-14)22(19,20)12-11-17-16(18)13-5-3-2-4-6-13/h2-10H,11-12H2,1H3,(H,17,18). The van der Waals surface area contributed by atoms with E-state index in [0.29, 0.717) is 11.3 Å². The van der Waals surface area contributed by atoms with Crippen LogP contribution in [-0.2, 0) is 9.84 Å². The monoisotopic (exact) mass is 319 g/mol. The number of carbonyl (C=O) groups is 1. The average Bonchev–Trinajstić information content (AvgIpc) is 2.55. The van der Waals surface area contributed by atoms with E-state index in [2.05, 4.69) is 5.32 Å². The second-order valence-electron chi connectivity index (χ2n) is 4.62. The van der Waals surface area contributed by atoms with E-state index in [9.17, 15) is 13.2 Å². The number of amides is 1. The van der Waals surface area contributed by atoms with Gasteiger partial charge < -0.3 is 10.1 Å². The van der Waals surface area contributed by atoms with Gasteiger partial charge >= 0.3 is 0 Å². The maximum absolute atomic E-state index is 12.2. The number of sulfone groups is 1. The molecule has 116 valence electrons. The fraction of sp³-hybridized carbons (Fsp3) is 0.188. The molecule has 0 fully saturated rings. The molecule has 5 nitrogen and oxygen atoms in total. The van der Waals surface area contributed by atoms with Gasteiger partial charge in [-0.3, -0.25) is 4.79 Å². The molecule has 22 heavy (non-hydrogen) atoms. The molecular formula is C16H17NO4S. The molecular weight excluding hydrogens is 302 g/mol. The van der Waals surface area contributed by atoms with Crippen LogP contribution in [0.4, 0.5) is 0 Å². The summed E-state index contributed by atoms with van der Waals surface area (Å²) in [5.41, 5.74) is 0.504. The second-order valence-corrected chi connectivity index (χ2v) is 6.73. The Morgan fingerprint density at radius 3 is 2.27 bits per heavy atom. The lowest BCUT2D eigenvalue weighted by atomic mass is 10.2. The zero-order valence-electron chi connectivity index (χ0n) is 12.2. The summed E-state index contributed by atoms with van der Waals surface area (Å²) in [6, 6.07) is 14.8. The number of hydrogen-bond acceptors (Lipinski definition) is 4. The van der Waals surface area contributed by atoms with E-state index in [-0.39, 0.29) is 23.1 Å². The van der Waals surface area contributed by atoms with Crippen LogP contribution in [0, 0.1) is 0 Å². The fourth-order valence-electron chi connectivity index (χ4n) is 1.89. The molecule has 0 aromatic heterocycles. The zero-order chi connectivity index (χ0) is 16.0. The largest absolute Gasteiger partial charge is 0.497 e. The normalized spacial score (nSPS) is 11.0. The lowest BCUT2D eigenvalue weighted by molar-refractivity contribution is 0.0956. The number of methoxy groups -OCH3 is 1. The highest BCUT2D eigenvalue weighted by Crippen LogP contribution is 2.16. The third kappa shape index (κ3) is 4.08. The van der Waals surface area contributed by atoms with E-state index in [1.54, 1.807) is 36.4 Å². The number of ether oxygens (including phenoxy) is 1. The van der Waals surface area contributed by atoms with Crippen LogP contribution in [0.15, 0.2) is 59.5 Å². The topological polar surface area (TPSA) is 72.5 Å². The van der Waals surface area contributed by atoms with Crippen molar-refractivity contribution in [2.24, 2.45) is 0 Å². The van der Waals surface area contributed by atoms with E-state index in [1.165, 1.54) is 19.2 Å². The highest BCUT2D eigenvalue weighted by molar-refractivity contribution is 7.91. The lowest BCUT2D eigenvalue weighted by Crippen LogP contribution is -2.29. The minimum Gasteiger partial charge on any atom is -0.497 e. The Balaban J connectivity index is 1.93. The number of carbonyl (C=O) groups excluding carboxylic acids is 1. The summed E-state index contributed by atoms with van der Waals surface area (Å²) < 4.78 is 29.3. The van der Waals surface area contributed by atoms with Gasteiger partial charge in [0, 0.05) is 12.1 Å². The fourth-order valence-corrected chi connectivity index (χ4v) is 3.05. The van der Waals surface area contributed by atoms with Crippen LogP contribution in [0.25, 0.3) is 0 Å². The Morgan fingerprint density at radius 1 is 1.05 bits per heavy atom.